The highest BCUT2D eigenvalue weighted by molar-refractivity contribution is 9.10. The van der Waals surface area contributed by atoms with E-state index in [0.717, 1.165) is 6.42 Å². The van der Waals surface area contributed by atoms with Crippen LogP contribution >= 0.6 is 15.9 Å². The molecule has 2 aromatic rings. The van der Waals surface area contributed by atoms with Gasteiger partial charge in [-0.25, -0.2) is 0 Å². The molecule has 1 aliphatic heterocycles. The largest absolute Gasteiger partial charge is 0.487 e. The molecule has 1 aliphatic rings. The number of hydrogen-bond acceptors (Lipinski definition) is 5. The predicted octanol–water partition coefficient (Wildman–Crippen LogP) is 4.20. The molecule has 0 spiro atoms. The average Bonchev–Trinajstić information content (AvgIpc) is 2.90. The maximum atomic E-state index is 12.3. The van der Waals surface area contributed by atoms with E-state index in [1.54, 1.807) is 36.4 Å². The van der Waals surface area contributed by atoms with Crippen LogP contribution in [0.25, 0.3) is 0 Å². The minimum Gasteiger partial charge on any atom is -0.487 e. The molecule has 8 heteroatoms. The molecule has 0 unspecified atom stereocenters. The summed E-state index contributed by atoms with van der Waals surface area (Å²) >= 11 is 3.20. The van der Waals surface area contributed by atoms with Gasteiger partial charge in [0.2, 0.25) is 0 Å². The number of ether oxygens (including phenoxy) is 1. The standard InChI is InChI=1S/C19H17BrN2O5/c20-13-8-9-17(16(12-13)22(25)26)27-11-5-1-4-10-21-18(23)14-6-2-3-7-15(14)19(21)24/h2-3,6-9,12H,1,4-5,10-11H2. The SMILES string of the molecule is O=C1c2ccccc2C(=O)N1CCCCCOc1ccc(Br)cc1[N+](=O)[O-]. The van der Waals surface area contributed by atoms with Crippen LogP contribution in [-0.4, -0.2) is 34.8 Å². The highest BCUT2D eigenvalue weighted by Crippen LogP contribution is 2.30. The molecule has 0 saturated carbocycles. The molecule has 0 N–H and O–H groups in total. The van der Waals surface area contributed by atoms with Crippen molar-refractivity contribution in [1.82, 2.24) is 4.90 Å². The van der Waals surface area contributed by atoms with E-state index in [2.05, 4.69) is 15.9 Å². The summed E-state index contributed by atoms with van der Waals surface area (Å²) in [4.78, 5) is 36.3. The second-order valence-corrected chi connectivity index (χ2v) is 7.00. The second kappa shape index (κ2) is 8.30. The van der Waals surface area contributed by atoms with Crippen molar-refractivity contribution in [2.75, 3.05) is 13.2 Å². The van der Waals surface area contributed by atoms with Gasteiger partial charge in [-0.2, -0.15) is 0 Å². The molecule has 1 heterocycles. The summed E-state index contributed by atoms with van der Waals surface area (Å²) < 4.78 is 6.12. The van der Waals surface area contributed by atoms with Crippen LogP contribution in [0.4, 0.5) is 5.69 Å². The number of nitro benzene ring substituents is 1. The highest BCUT2D eigenvalue weighted by Gasteiger charge is 2.34. The third-order valence-electron chi connectivity index (χ3n) is 4.28. The van der Waals surface area contributed by atoms with Crippen LogP contribution in [0, 0.1) is 10.1 Å². The summed E-state index contributed by atoms with van der Waals surface area (Å²) in [7, 11) is 0. The van der Waals surface area contributed by atoms with Crippen LogP contribution in [0.5, 0.6) is 5.75 Å². The number of benzene rings is 2. The lowest BCUT2D eigenvalue weighted by Crippen LogP contribution is -2.30. The molecule has 27 heavy (non-hydrogen) atoms. The molecule has 0 saturated heterocycles. The van der Waals surface area contributed by atoms with Gasteiger partial charge >= 0.3 is 5.69 Å². The Balaban J connectivity index is 1.44. The van der Waals surface area contributed by atoms with Crippen molar-refractivity contribution in [2.45, 2.75) is 19.3 Å². The lowest BCUT2D eigenvalue weighted by atomic mass is 10.1. The lowest BCUT2D eigenvalue weighted by Gasteiger charge is -2.13. The molecule has 140 valence electrons. The van der Waals surface area contributed by atoms with Gasteiger partial charge in [0.15, 0.2) is 5.75 Å². The Labute approximate surface area is 164 Å². The highest BCUT2D eigenvalue weighted by atomic mass is 79.9. The molecule has 7 nitrogen and oxygen atoms in total. The predicted molar refractivity (Wildman–Crippen MR) is 102 cm³/mol. The number of carbonyl (C=O) groups excluding carboxylic acids is 2. The zero-order chi connectivity index (χ0) is 19.4. The van der Waals surface area contributed by atoms with Crippen molar-refractivity contribution in [1.29, 1.82) is 0 Å². The molecule has 0 aromatic heterocycles. The first-order valence-electron chi connectivity index (χ1n) is 8.51. The molecular weight excluding hydrogens is 416 g/mol. The molecular formula is C19H17BrN2O5. The zero-order valence-electron chi connectivity index (χ0n) is 14.4. The summed E-state index contributed by atoms with van der Waals surface area (Å²) in [5, 5.41) is 11.0. The van der Waals surface area contributed by atoms with Crippen molar-refractivity contribution in [3.63, 3.8) is 0 Å². The number of nitro groups is 1. The minimum absolute atomic E-state index is 0.0876. The van der Waals surface area contributed by atoms with E-state index in [4.69, 9.17) is 4.74 Å². The Morgan fingerprint density at radius 2 is 1.67 bits per heavy atom. The number of fused-ring (bicyclic) bond motifs is 1. The smallest absolute Gasteiger partial charge is 0.312 e. The zero-order valence-corrected chi connectivity index (χ0v) is 16.0. The van der Waals surface area contributed by atoms with Crippen LogP contribution in [0.3, 0.4) is 0 Å². The third-order valence-corrected chi connectivity index (χ3v) is 4.77. The van der Waals surface area contributed by atoms with Gasteiger partial charge in [0.05, 0.1) is 22.7 Å². The van der Waals surface area contributed by atoms with Gasteiger partial charge in [0.1, 0.15) is 0 Å². The van der Waals surface area contributed by atoms with Crippen LogP contribution < -0.4 is 4.74 Å². The first-order chi connectivity index (χ1) is 13.0. The molecule has 3 rings (SSSR count). The van der Waals surface area contributed by atoms with Gasteiger partial charge in [-0.05, 0) is 43.5 Å². The summed E-state index contributed by atoms with van der Waals surface area (Å²) in [6.07, 6.45) is 2.05. The van der Waals surface area contributed by atoms with E-state index in [1.807, 2.05) is 0 Å². The van der Waals surface area contributed by atoms with E-state index in [-0.39, 0.29) is 23.3 Å². The number of unbranched alkanes of at least 4 members (excludes halogenated alkanes) is 2. The molecule has 0 fully saturated rings. The molecule has 0 atom stereocenters. The summed E-state index contributed by atoms with van der Waals surface area (Å²) in [5.41, 5.74) is 0.817. The average molecular weight is 433 g/mol. The number of hydrogen-bond donors (Lipinski definition) is 0. The van der Waals surface area contributed by atoms with Gasteiger partial charge in [0, 0.05) is 17.1 Å². The number of imide groups is 1. The van der Waals surface area contributed by atoms with Crippen molar-refractivity contribution in [3.05, 3.63) is 68.2 Å². The fourth-order valence-corrected chi connectivity index (χ4v) is 3.28. The Hall–Kier alpha value is -2.74. The molecule has 0 bridgehead atoms. The van der Waals surface area contributed by atoms with E-state index in [0.29, 0.717) is 41.6 Å². The number of carbonyl (C=O) groups is 2. The van der Waals surface area contributed by atoms with Crippen LogP contribution in [0.2, 0.25) is 0 Å². The number of halogens is 1. The maximum absolute atomic E-state index is 12.3. The van der Waals surface area contributed by atoms with E-state index < -0.39 is 4.92 Å². The molecule has 0 aliphatic carbocycles. The molecule has 0 radical (unpaired) electrons. The second-order valence-electron chi connectivity index (χ2n) is 6.09. The minimum atomic E-state index is -0.484. The Morgan fingerprint density at radius 3 is 2.30 bits per heavy atom. The molecule has 2 aromatic carbocycles. The Bertz CT molecular complexity index is 864. The third kappa shape index (κ3) is 4.16. The lowest BCUT2D eigenvalue weighted by molar-refractivity contribution is -0.385. The monoisotopic (exact) mass is 432 g/mol. The molecule has 2 amide bonds. The topological polar surface area (TPSA) is 89.8 Å². The van der Waals surface area contributed by atoms with Crippen molar-refractivity contribution >= 4 is 33.4 Å². The number of nitrogens with zero attached hydrogens (tertiary/aromatic N) is 2. The quantitative estimate of drug-likeness (QED) is 0.269. The fourth-order valence-electron chi connectivity index (χ4n) is 2.93. The summed E-state index contributed by atoms with van der Waals surface area (Å²) in [6.45, 7) is 0.676. The van der Waals surface area contributed by atoms with Gasteiger partial charge in [-0.3, -0.25) is 24.6 Å². The van der Waals surface area contributed by atoms with E-state index in [9.17, 15) is 19.7 Å². The van der Waals surface area contributed by atoms with Crippen LogP contribution in [-0.2, 0) is 0 Å². The summed E-state index contributed by atoms with van der Waals surface area (Å²) in [6, 6.07) is 11.4. The number of rotatable bonds is 8. The first-order valence-corrected chi connectivity index (χ1v) is 9.30. The van der Waals surface area contributed by atoms with Crippen molar-refractivity contribution in [3.8, 4) is 5.75 Å². The normalized spacial score (nSPS) is 13.0. The van der Waals surface area contributed by atoms with Crippen molar-refractivity contribution in [2.24, 2.45) is 0 Å². The first kappa shape index (κ1) is 19.0. The van der Waals surface area contributed by atoms with E-state index in [1.165, 1.54) is 11.0 Å². The fraction of sp³-hybridized carbons (Fsp3) is 0.263. The van der Waals surface area contributed by atoms with Crippen LogP contribution in [0.15, 0.2) is 46.9 Å². The Kier molecular flexibility index (Phi) is 5.85. The van der Waals surface area contributed by atoms with Crippen molar-refractivity contribution < 1.29 is 19.2 Å². The van der Waals surface area contributed by atoms with Gasteiger partial charge < -0.3 is 4.74 Å². The maximum Gasteiger partial charge on any atom is 0.312 e. The number of amides is 2. The Morgan fingerprint density at radius 1 is 1.00 bits per heavy atom. The van der Waals surface area contributed by atoms with Crippen LogP contribution in [0.1, 0.15) is 40.0 Å². The van der Waals surface area contributed by atoms with Gasteiger partial charge in [0.25, 0.3) is 11.8 Å². The van der Waals surface area contributed by atoms with Gasteiger partial charge in [-0.1, -0.05) is 28.1 Å². The van der Waals surface area contributed by atoms with E-state index >= 15 is 0 Å². The van der Waals surface area contributed by atoms with Gasteiger partial charge in [-0.15, -0.1) is 0 Å². The summed E-state index contributed by atoms with van der Waals surface area (Å²) in [5.74, 6) is -0.279.